The highest BCUT2D eigenvalue weighted by Gasteiger charge is 2.05. The summed E-state index contributed by atoms with van der Waals surface area (Å²) in [5.41, 5.74) is 8.58. The molecule has 2 rings (SSSR count). The number of fused-ring (bicyclic) bond motifs is 1. The minimum atomic E-state index is 0.417. The molecule has 0 amide bonds. The van der Waals surface area contributed by atoms with Gasteiger partial charge >= 0.3 is 0 Å². The maximum atomic E-state index is 5.57. The Balaban J connectivity index is 2.29. The molecule has 0 saturated carbocycles. The van der Waals surface area contributed by atoms with E-state index in [0.29, 0.717) is 12.5 Å². The molecule has 0 aliphatic heterocycles. The van der Waals surface area contributed by atoms with Crippen LogP contribution in [0, 0.1) is 6.92 Å². The van der Waals surface area contributed by atoms with Crippen LogP contribution < -0.4 is 11.1 Å². The molecule has 0 saturated heterocycles. The van der Waals surface area contributed by atoms with Gasteiger partial charge in [-0.3, -0.25) is 4.99 Å². The van der Waals surface area contributed by atoms with Crippen LogP contribution in [0.5, 0.6) is 0 Å². The second-order valence-electron chi connectivity index (χ2n) is 3.77. The van der Waals surface area contributed by atoms with Crippen LogP contribution in [0.4, 0.5) is 0 Å². The standard InChI is InChI=1S/C11H14BrN5/c1-7-3-8(12)5-17-6-9(16-10(7)17)4-15-11(13)14-2/h3,5-6H,4H2,1-2H3,(H3,13,14,15). The Bertz CT molecular complexity index is 572. The van der Waals surface area contributed by atoms with Crippen LogP contribution in [0.1, 0.15) is 11.3 Å². The predicted molar refractivity (Wildman–Crippen MR) is 72.0 cm³/mol. The molecule has 5 nitrogen and oxygen atoms in total. The molecular formula is C11H14BrN5. The summed E-state index contributed by atoms with van der Waals surface area (Å²) in [7, 11) is 1.65. The van der Waals surface area contributed by atoms with Gasteiger partial charge in [-0.15, -0.1) is 0 Å². The number of aryl methyl sites for hydroxylation is 1. The highest BCUT2D eigenvalue weighted by atomic mass is 79.9. The third kappa shape index (κ3) is 2.58. The summed E-state index contributed by atoms with van der Waals surface area (Å²) < 4.78 is 3.03. The van der Waals surface area contributed by atoms with Crippen LogP contribution in [0.25, 0.3) is 5.65 Å². The lowest BCUT2D eigenvalue weighted by Gasteiger charge is -2.00. The van der Waals surface area contributed by atoms with Crippen LogP contribution in [-0.4, -0.2) is 22.4 Å². The van der Waals surface area contributed by atoms with Crippen LogP contribution in [0.15, 0.2) is 27.9 Å². The van der Waals surface area contributed by atoms with Gasteiger partial charge in [-0.2, -0.15) is 0 Å². The third-order valence-electron chi connectivity index (χ3n) is 2.44. The van der Waals surface area contributed by atoms with Gasteiger partial charge in [-0.1, -0.05) is 0 Å². The smallest absolute Gasteiger partial charge is 0.188 e. The number of aromatic nitrogens is 2. The minimum absolute atomic E-state index is 0.417. The van der Waals surface area contributed by atoms with E-state index in [9.17, 15) is 0 Å². The maximum absolute atomic E-state index is 5.57. The monoisotopic (exact) mass is 295 g/mol. The first kappa shape index (κ1) is 11.9. The van der Waals surface area contributed by atoms with Crippen molar-refractivity contribution in [1.29, 1.82) is 0 Å². The molecule has 2 aromatic heterocycles. The number of nitrogens with zero attached hydrogens (tertiary/aromatic N) is 3. The minimum Gasteiger partial charge on any atom is -0.370 e. The second kappa shape index (κ2) is 4.75. The van der Waals surface area contributed by atoms with Crippen molar-refractivity contribution < 1.29 is 0 Å². The fraction of sp³-hybridized carbons (Fsp3) is 0.273. The van der Waals surface area contributed by atoms with Gasteiger partial charge in [0.05, 0.1) is 12.2 Å². The van der Waals surface area contributed by atoms with E-state index in [2.05, 4.69) is 31.2 Å². The second-order valence-corrected chi connectivity index (χ2v) is 4.68. The SMILES string of the molecule is CN=C(N)NCc1cn2cc(Br)cc(C)c2n1. The van der Waals surface area contributed by atoms with E-state index >= 15 is 0 Å². The average Bonchev–Trinajstić information content (AvgIpc) is 2.69. The zero-order valence-corrected chi connectivity index (χ0v) is 11.3. The highest BCUT2D eigenvalue weighted by molar-refractivity contribution is 9.10. The number of nitrogens with two attached hydrogens (primary N) is 1. The molecule has 0 unspecified atom stereocenters. The molecule has 2 heterocycles. The summed E-state index contributed by atoms with van der Waals surface area (Å²) in [6.45, 7) is 2.61. The van der Waals surface area contributed by atoms with Crippen molar-refractivity contribution >= 4 is 27.5 Å². The number of hydrogen-bond acceptors (Lipinski definition) is 2. The molecule has 0 aliphatic carbocycles. The Kier molecular flexibility index (Phi) is 3.33. The summed E-state index contributed by atoms with van der Waals surface area (Å²) in [5.74, 6) is 0.417. The molecule has 0 bridgehead atoms. The van der Waals surface area contributed by atoms with Crippen molar-refractivity contribution in [3.63, 3.8) is 0 Å². The van der Waals surface area contributed by atoms with E-state index in [0.717, 1.165) is 21.4 Å². The summed E-state index contributed by atoms with van der Waals surface area (Å²) in [4.78, 5) is 8.36. The van der Waals surface area contributed by atoms with Gasteiger partial charge in [0, 0.05) is 23.9 Å². The van der Waals surface area contributed by atoms with Gasteiger partial charge < -0.3 is 15.5 Å². The number of guanidine groups is 1. The van der Waals surface area contributed by atoms with E-state index in [-0.39, 0.29) is 0 Å². The summed E-state index contributed by atoms with van der Waals surface area (Å²) >= 11 is 3.46. The Morgan fingerprint density at radius 1 is 1.59 bits per heavy atom. The summed E-state index contributed by atoms with van der Waals surface area (Å²) in [5, 5.41) is 2.98. The number of nitrogens with one attached hydrogen (secondary N) is 1. The normalized spacial score (nSPS) is 12.1. The predicted octanol–water partition coefficient (Wildman–Crippen LogP) is 1.44. The average molecular weight is 296 g/mol. The van der Waals surface area contributed by atoms with E-state index in [4.69, 9.17) is 5.73 Å². The fourth-order valence-electron chi connectivity index (χ4n) is 1.62. The van der Waals surface area contributed by atoms with Gasteiger partial charge in [-0.05, 0) is 34.5 Å². The number of imidazole rings is 1. The molecule has 17 heavy (non-hydrogen) atoms. The largest absolute Gasteiger partial charge is 0.370 e. The topological polar surface area (TPSA) is 67.7 Å². The van der Waals surface area contributed by atoms with E-state index in [1.54, 1.807) is 7.05 Å². The molecule has 2 aromatic rings. The Morgan fingerprint density at radius 3 is 3.06 bits per heavy atom. The van der Waals surface area contributed by atoms with Gasteiger partial charge in [0.15, 0.2) is 5.96 Å². The van der Waals surface area contributed by atoms with Crippen molar-refractivity contribution in [2.24, 2.45) is 10.7 Å². The van der Waals surface area contributed by atoms with Crippen LogP contribution in [0.2, 0.25) is 0 Å². The molecule has 0 radical (unpaired) electrons. The summed E-state index contributed by atoms with van der Waals surface area (Å²) in [6, 6.07) is 2.04. The Morgan fingerprint density at radius 2 is 2.35 bits per heavy atom. The first-order valence-corrected chi connectivity index (χ1v) is 5.99. The van der Waals surface area contributed by atoms with E-state index < -0.39 is 0 Å². The highest BCUT2D eigenvalue weighted by Crippen LogP contribution is 2.17. The van der Waals surface area contributed by atoms with Crippen molar-refractivity contribution in [3.8, 4) is 0 Å². The fourth-order valence-corrected chi connectivity index (χ4v) is 2.19. The lowest BCUT2D eigenvalue weighted by Crippen LogP contribution is -2.30. The van der Waals surface area contributed by atoms with E-state index in [1.807, 2.05) is 29.8 Å². The number of halogens is 1. The molecule has 90 valence electrons. The van der Waals surface area contributed by atoms with Crippen molar-refractivity contribution in [2.75, 3.05) is 7.05 Å². The lowest BCUT2D eigenvalue weighted by molar-refractivity contribution is 0.873. The molecule has 6 heteroatoms. The quantitative estimate of drug-likeness (QED) is 0.651. The van der Waals surface area contributed by atoms with Crippen molar-refractivity contribution in [3.05, 3.63) is 34.2 Å². The van der Waals surface area contributed by atoms with Gasteiger partial charge in [0.25, 0.3) is 0 Å². The zero-order chi connectivity index (χ0) is 12.4. The van der Waals surface area contributed by atoms with Crippen LogP contribution >= 0.6 is 15.9 Å². The number of aliphatic imine (C=N–C) groups is 1. The third-order valence-corrected chi connectivity index (χ3v) is 2.88. The number of hydrogen-bond donors (Lipinski definition) is 2. The number of pyridine rings is 1. The molecule has 0 atom stereocenters. The van der Waals surface area contributed by atoms with Gasteiger partial charge in [0.1, 0.15) is 5.65 Å². The summed E-state index contributed by atoms with van der Waals surface area (Å²) in [6.07, 6.45) is 3.96. The first-order valence-electron chi connectivity index (χ1n) is 5.20. The molecule has 0 aromatic carbocycles. The Hall–Kier alpha value is -1.56. The van der Waals surface area contributed by atoms with Crippen molar-refractivity contribution in [1.82, 2.24) is 14.7 Å². The first-order chi connectivity index (χ1) is 8.10. The lowest BCUT2D eigenvalue weighted by atomic mass is 10.3. The van der Waals surface area contributed by atoms with Crippen molar-refractivity contribution in [2.45, 2.75) is 13.5 Å². The van der Waals surface area contributed by atoms with Crippen LogP contribution in [-0.2, 0) is 6.54 Å². The molecular weight excluding hydrogens is 282 g/mol. The van der Waals surface area contributed by atoms with E-state index in [1.165, 1.54) is 0 Å². The van der Waals surface area contributed by atoms with Gasteiger partial charge in [-0.25, -0.2) is 4.98 Å². The van der Waals surface area contributed by atoms with Crippen LogP contribution in [0.3, 0.4) is 0 Å². The molecule has 0 fully saturated rings. The molecule has 0 spiro atoms. The molecule has 3 N–H and O–H groups in total. The maximum Gasteiger partial charge on any atom is 0.188 e. The number of rotatable bonds is 2. The molecule has 0 aliphatic rings. The zero-order valence-electron chi connectivity index (χ0n) is 9.74. The van der Waals surface area contributed by atoms with Gasteiger partial charge in [0.2, 0.25) is 0 Å². The Labute approximate surface area is 108 Å².